The van der Waals surface area contributed by atoms with Crippen molar-refractivity contribution in [3.8, 4) is 11.1 Å². The van der Waals surface area contributed by atoms with Gasteiger partial charge in [-0.2, -0.15) is 0 Å². The smallest absolute Gasteiger partial charge is 0.0952 e. The SMILES string of the molecule is Cc1cc(-c2ccccc2N=NN2CCCC2)c(C)c2cnccc12. The number of aromatic nitrogens is 1. The summed E-state index contributed by atoms with van der Waals surface area (Å²) in [6, 6.07) is 12.6. The summed E-state index contributed by atoms with van der Waals surface area (Å²) in [5.74, 6) is 0. The molecule has 0 saturated carbocycles. The quantitative estimate of drug-likeness (QED) is 0.585. The second-order valence-electron chi connectivity index (χ2n) is 6.65. The van der Waals surface area contributed by atoms with Gasteiger partial charge in [0, 0.05) is 36.4 Å². The van der Waals surface area contributed by atoms with Crippen molar-refractivity contribution in [3.63, 3.8) is 0 Å². The van der Waals surface area contributed by atoms with Crippen molar-refractivity contribution in [1.82, 2.24) is 9.99 Å². The van der Waals surface area contributed by atoms with E-state index >= 15 is 0 Å². The Morgan fingerprint density at radius 1 is 0.960 bits per heavy atom. The number of fused-ring (bicyclic) bond motifs is 1. The van der Waals surface area contributed by atoms with Crippen molar-refractivity contribution in [3.05, 3.63) is 59.9 Å². The molecule has 0 unspecified atom stereocenters. The van der Waals surface area contributed by atoms with Crippen LogP contribution in [0.1, 0.15) is 24.0 Å². The van der Waals surface area contributed by atoms with E-state index in [1.165, 1.54) is 40.3 Å². The molecule has 1 fully saturated rings. The first-order valence-electron chi connectivity index (χ1n) is 8.84. The summed E-state index contributed by atoms with van der Waals surface area (Å²) in [4.78, 5) is 4.31. The molecule has 1 saturated heterocycles. The molecule has 1 aliphatic rings. The van der Waals surface area contributed by atoms with Gasteiger partial charge in [0.2, 0.25) is 0 Å². The van der Waals surface area contributed by atoms with Crippen molar-refractivity contribution >= 4 is 16.5 Å². The van der Waals surface area contributed by atoms with Gasteiger partial charge < -0.3 is 0 Å². The van der Waals surface area contributed by atoms with Gasteiger partial charge in [0.05, 0.1) is 5.69 Å². The molecule has 1 aliphatic heterocycles. The van der Waals surface area contributed by atoms with E-state index < -0.39 is 0 Å². The third-order valence-electron chi connectivity index (χ3n) is 4.97. The lowest BCUT2D eigenvalue weighted by Crippen LogP contribution is -2.09. The molecule has 0 bridgehead atoms. The molecule has 0 aliphatic carbocycles. The van der Waals surface area contributed by atoms with Gasteiger partial charge in [-0.3, -0.25) is 9.99 Å². The molecular formula is C21H22N4. The summed E-state index contributed by atoms with van der Waals surface area (Å²) >= 11 is 0. The first kappa shape index (κ1) is 15.8. The highest BCUT2D eigenvalue weighted by Crippen LogP contribution is 2.37. The number of benzene rings is 2. The first-order valence-corrected chi connectivity index (χ1v) is 8.84. The topological polar surface area (TPSA) is 40.9 Å². The van der Waals surface area contributed by atoms with Crippen LogP contribution in [-0.4, -0.2) is 23.1 Å². The van der Waals surface area contributed by atoms with E-state index in [0.717, 1.165) is 24.3 Å². The lowest BCUT2D eigenvalue weighted by Gasteiger charge is -2.14. The number of hydrogen-bond acceptors (Lipinski definition) is 3. The normalized spacial score (nSPS) is 14.7. The summed E-state index contributed by atoms with van der Waals surface area (Å²) in [6.07, 6.45) is 6.22. The molecule has 126 valence electrons. The molecular weight excluding hydrogens is 308 g/mol. The molecule has 0 atom stereocenters. The molecule has 2 aromatic carbocycles. The van der Waals surface area contributed by atoms with E-state index in [1.54, 1.807) is 0 Å². The molecule has 3 aromatic rings. The summed E-state index contributed by atoms with van der Waals surface area (Å²) in [5.41, 5.74) is 5.73. The maximum absolute atomic E-state index is 4.55. The van der Waals surface area contributed by atoms with Crippen LogP contribution in [0.15, 0.2) is 59.1 Å². The lowest BCUT2D eigenvalue weighted by atomic mass is 9.92. The van der Waals surface area contributed by atoms with Crippen LogP contribution in [0, 0.1) is 13.8 Å². The minimum Gasteiger partial charge on any atom is -0.278 e. The van der Waals surface area contributed by atoms with E-state index in [0.29, 0.717) is 0 Å². The Morgan fingerprint density at radius 3 is 2.60 bits per heavy atom. The van der Waals surface area contributed by atoms with Gasteiger partial charge in [-0.05, 0) is 60.9 Å². The van der Waals surface area contributed by atoms with Crippen LogP contribution in [0.4, 0.5) is 5.69 Å². The highest BCUT2D eigenvalue weighted by Gasteiger charge is 2.13. The average Bonchev–Trinajstić information content (AvgIpc) is 3.17. The minimum absolute atomic E-state index is 0.917. The van der Waals surface area contributed by atoms with Crippen molar-refractivity contribution < 1.29 is 0 Å². The maximum Gasteiger partial charge on any atom is 0.0952 e. The van der Waals surface area contributed by atoms with Gasteiger partial charge >= 0.3 is 0 Å². The monoisotopic (exact) mass is 330 g/mol. The zero-order valence-electron chi connectivity index (χ0n) is 14.7. The Labute approximate surface area is 148 Å². The Kier molecular flexibility index (Phi) is 4.18. The molecule has 0 N–H and O–H groups in total. The number of nitrogens with zero attached hydrogens (tertiary/aromatic N) is 4. The van der Waals surface area contributed by atoms with Crippen molar-refractivity contribution in [1.29, 1.82) is 0 Å². The van der Waals surface area contributed by atoms with Crippen molar-refractivity contribution in [2.45, 2.75) is 26.7 Å². The first-order chi connectivity index (χ1) is 12.2. The second-order valence-corrected chi connectivity index (χ2v) is 6.65. The molecule has 1 aromatic heterocycles. The number of rotatable bonds is 3. The molecule has 4 nitrogen and oxygen atoms in total. The maximum atomic E-state index is 4.55. The molecule has 4 heteroatoms. The third kappa shape index (κ3) is 3.00. The lowest BCUT2D eigenvalue weighted by molar-refractivity contribution is 0.337. The van der Waals surface area contributed by atoms with E-state index in [2.05, 4.69) is 58.4 Å². The highest BCUT2D eigenvalue weighted by atomic mass is 15.5. The van der Waals surface area contributed by atoms with E-state index in [-0.39, 0.29) is 0 Å². The van der Waals surface area contributed by atoms with Gasteiger partial charge in [-0.25, -0.2) is 0 Å². The molecule has 25 heavy (non-hydrogen) atoms. The Hall–Kier alpha value is -2.75. The fourth-order valence-electron chi connectivity index (χ4n) is 3.55. The largest absolute Gasteiger partial charge is 0.278 e. The summed E-state index contributed by atoms with van der Waals surface area (Å²) < 4.78 is 0. The Balaban J connectivity index is 1.82. The van der Waals surface area contributed by atoms with Crippen LogP contribution >= 0.6 is 0 Å². The van der Waals surface area contributed by atoms with E-state index in [4.69, 9.17) is 0 Å². The van der Waals surface area contributed by atoms with Crippen molar-refractivity contribution in [2.75, 3.05) is 13.1 Å². The van der Waals surface area contributed by atoms with Gasteiger partial charge in [-0.15, -0.1) is 5.11 Å². The summed E-state index contributed by atoms with van der Waals surface area (Å²) in [5, 5.41) is 13.5. The van der Waals surface area contributed by atoms with Gasteiger partial charge in [0.15, 0.2) is 0 Å². The van der Waals surface area contributed by atoms with Gasteiger partial charge in [-0.1, -0.05) is 29.5 Å². The fourth-order valence-corrected chi connectivity index (χ4v) is 3.55. The zero-order chi connectivity index (χ0) is 17.2. The third-order valence-corrected chi connectivity index (χ3v) is 4.97. The Bertz CT molecular complexity index is 940. The number of aryl methyl sites for hydroxylation is 2. The van der Waals surface area contributed by atoms with Crippen LogP contribution < -0.4 is 0 Å². The van der Waals surface area contributed by atoms with Crippen LogP contribution in [0.5, 0.6) is 0 Å². The molecule has 4 rings (SSSR count). The van der Waals surface area contributed by atoms with Crippen LogP contribution in [0.25, 0.3) is 21.9 Å². The molecule has 0 spiro atoms. The minimum atomic E-state index is 0.917. The van der Waals surface area contributed by atoms with Crippen LogP contribution in [0.3, 0.4) is 0 Å². The second kappa shape index (κ2) is 6.63. The highest BCUT2D eigenvalue weighted by molar-refractivity contribution is 5.95. The summed E-state index contributed by atoms with van der Waals surface area (Å²) in [7, 11) is 0. The number of pyridine rings is 1. The van der Waals surface area contributed by atoms with Gasteiger partial charge in [0.25, 0.3) is 0 Å². The van der Waals surface area contributed by atoms with Crippen LogP contribution in [0.2, 0.25) is 0 Å². The fraction of sp³-hybridized carbons (Fsp3) is 0.286. The summed E-state index contributed by atoms with van der Waals surface area (Å²) in [6.45, 7) is 6.32. The van der Waals surface area contributed by atoms with E-state index in [9.17, 15) is 0 Å². The predicted octanol–water partition coefficient (Wildman–Crippen LogP) is 5.61. The Morgan fingerprint density at radius 2 is 1.76 bits per heavy atom. The predicted molar refractivity (Wildman–Crippen MR) is 102 cm³/mol. The zero-order valence-corrected chi connectivity index (χ0v) is 14.7. The standard InChI is InChI=1S/C21H22N4/c1-15-13-19(16(2)20-14-22-10-9-17(15)20)18-7-3-4-8-21(18)23-24-25-11-5-6-12-25/h3-4,7-10,13-14H,5-6,11-12H2,1-2H3. The van der Waals surface area contributed by atoms with Crippen molar-refractivity contribution in [2.24, 2.45) is 10.3 Å². The molecule has 2 heterocycles. The average molecular weight is 330 g/mol. The molecule has 0 radical (unpaired) electrons. The van der Waals surface area contributed by atoms with E-state index in [1.807, 2.05) is 24.5 Å². The van der Waals surface area contributed by atoms with Gasteiger partial charge in [0.1, 0.15) is 0 Å². The number of hydrogen-bond donors (Lipinski definition) is 0. The molecule has 0 amide bonds. The van der Waals surface area contributed by atoms with Crippen LogP contribution in [-0.2, 0) is 0 Å².